The quantitative estimate of drug-likeness (QED) is 0.518. The lowest BCUT2D eigenvalue weighted by Gasteiger charge is -2.24. The second-order valence-electron chi connectivity index (χ2n) is 6.42. The molecule has 0 spiro atoms. The van der Waals surface area contributed by atoms with Gasteiger partial charge in [-0.1, -0.05) is 25.2 Å². The van der Waals surface area contributed by atoms with Crippen LogP contribution in [0, 0.1) is 11.6 Å². The third-order valence-corrected chi connectivity index (χ3v) is 5.62. The molecule has 0 aliphatic heterocycles. The van der Waals surface area contributed by atoms with Crippen LogP contribution in [0.4, 0.5) is 13.9 Å². The molecule has 0 N–H and O–H groups in total. The van der Waals surface area contributed by atoms with Crippen LogP contribution in [0.3, 0.4) is 0 Å². The Balaban J connectivity index is 1.78. The lowest BCUT2D eigenvalue weighted by molar-refractivity contribution is -0.120. The van der Waals surface area contributed by atoms with Crippen LogP contribution in [0.15, 0.2) is 42.5 Å². The first-order valence-corrected chi connectivity index (χ1v) is 10.3. The van der Waals surface area contributed by atoms with Crippen molar-refractivity contribution in [3.05, 3.63) is 54.1 Å². The first-order valence-electron chi connectivity index (χ1n) is 9.47. The molecule has 29 heavy (non-hydrogen) atoms. The van der Waals surface area contributed by atoms with Crippen LogP contribution in [0.25, 0.3) is 10.2 Å². The molecule has 0 fully saturated rings. The van der Waals surface area contributed by atoms with E-state index in [1.165, 1.54) is 47.7 Å². The Bertz CT molecular complexity index is 958. The molecule has 0 aliphatic carbocycles. The van der Waals surface area contributed by atoms with Crippen molar-refractivity contribution >= 4 is 32.6 Å². The van der Waals surface area contributed by atoms with E-state index in [1.54, 1.807) is 11.0 Å². The zero-order valence-corrected chi connectivity index (χ0v) is 17.2. The van der Waals surface area contributed by atoms with Crippen molar-refractivity contribution in [3.8, 4) is 5.75 Å². The van der Waals surface area contributed by atoms with E-state index in [2.05, 4.69) is 23.7 Å². The van der Waals surface area contributed by atoms with Gasteiger partial charge < -0.3 is 9.64 Å². The lowest BCUT2D eigenvalue weighted by Crippen LogP contribution is -2.41. The molecule has 154 valence electrons. The normalized spacial score (nSPS) is 11.2. The third-order valence-electron chi connectivity index (χ3n) is 4.58. The summed E-state index contributed by atoms with van der Waals surface area (Å²) in [6.45, 7) is 6.79. The van der Waals surface area contributed by atoms with E-state index in [-0.39, 0.29) is 24.1 Å². The average Bonchev–Trinajstić information content (AvgIpc) is 3.13. The molecule has 3 aromatic rings. The summed E-state index contributed by atoms with van der Waals surface area (Å²) in [6.07, 6.45) is 0. The highest BCUT2D eigenvalue weighted by Crippen LogP contribution is 2.29. The van der Waals surface area contributed by atoms with Gasteiger partial charge in [-0.3, -0.25) is 9.69 Å². The molecule has 1 heterocycles. The van der Waals surface area contributed by atoms with Crippen molar-refractivity contribution < 1.29 is 18.3 Å². The Morgan fingerprint density at radius 3 is 2.41 bits per heavy atom. The van der Waals surface area contributed by atoms with Crippen molar-refractivity contribution in [1.82, 2.24) is 9.88 Å². The number of hydrogen-bond donors (Lipinski definition) is 0. The number of fused-ring (bicyclic) bond motifs is 1. The van der Waals surface area contributed by atoms with Crippen LogP contribution < -0.4 is 9.64 Å². The highest BCUT2D eigenvalue weighted by Gasteiger charge is 2.21. The minimum Gasteiger partial charge on any atom is -0.484 e. The molecule has 0 saturated carbocycles. The van der Waals surface area contributed by atoms with Gasteiger partial charge in [-0.05, 0) is 55.6 Å². The van der Waals surface area contributed by atoms with Gasteiger partial charge in [0.1, 0.15) is 17.4 Å². The van der Waals surface area contributed by atoms with Crippen LogP contribution in [0.5, 0.6) is 5.75 Å². The number of amides is 1. The van der Waals surface area contributed by atoms with Gasteiger partial charge in [-0.15, -0.1) is 0 Å². The van der Waals surface area contributed by atoms with Crippen molar-refractivity contribution in [3.63, 3.8) is 0 Å². The molecule has 0 atom stereocenters. The average molecular weight is 419 g/mol. The molecule has 5 nitrogen and oxygen atoms in total. The number of likely N-dealkylation sites (N-methyl/N-ethyl adjacent to an activating group) is 1. The van der Waals surface area contributed by atoms with Crippen molar-refractivity contribution in [1.29, 1.82) is 0 Å². The Labute approximate surface area is 172 Å². The van der Waals surface area contributed by atoms with Crippen LogP contribution >= 0.6 is 11.3 Å². The molecule has 0 bridgehead atoms. The van der Waals surface area contributed by atoms with E-state index in [9.17, 15) is 13.6 Å². The number of thiazole rings is 1. The van der Waals surface area contributed by atoms with Gasteiger partial charge in [0, 0.05) is 13.1 Å². The van der Waals surface area contributed by atoms with E-state index < -0.39 is 0 Å². The Morgan fingerprint density at radius 2 is 1.72 bits per heavy atom. The Hall–Kier alpha value is -2.58. The topological polar surface area (TPSA) is 45.7 Å². The molecule has 0 radical (unpaired) electrons. The molecular weight excluding hydrogens is 396 g/mol. The summed E-state index contributed by atoms with van der Waals surface area (Å²) in [6, 6.07) is 9.88. The van der Waals surface area contributed by atoms with Gasteiger partial charge >= 0.3 is 0 Å². The Morgan fingerprint density at radius 1 is 1.03 bits per heavy atom. The van der Waals surface area contributed by atoms with Crippen LogP contribution in [0.2, 0.25) is 0 Å². The predicted octanol–water partition coefficient (Wildman–Crippen LogP) is 4.33. The first-order chi connectivity index (χ1) is 14.0. The van der Waals surface area contributed by atoms with Gasteiger partial charge in [-0.2, -0.15) is 0 Å². The summed E-state index contributed by atoms with van der Waals surface area (Å²) in [4.78, 5) is 21.2. The van der Waals surface area contributed by atoms with E-state index in [0.29, 0.717) is 34.2 Å². The van der Waals surface area contributed by atoms with Gasteiger partial charge in [0.25, 0.3) is 5.91 Å². The zero-order chi connectivity index (χ0) is 20.8. The van der Waals surface area contributed by atoms with E-state index in [4.69, 9.17) is 4.74 Å². The third kappa shape index (κ3) is 5.48. The summed E-state index contributed by atoms with van der Waals surface area (Å²) in [5, 5.41) is 0.505. The zero-order valence-electron chi connectivity index (χ0n) is 16.4. The standard InChI is InChI=1S/C21H23F2N3O2S/c1-3-25(4-2)11-12-26(20(27)14-28-17-8-5-15(22)6-9-17)21-24-18-10-7-16(23)13-19(18)29-21/h5-10,13H,3-4,11-12,14H2,1-2H3. The minimum atomic E-state index is -0.369. The maximum Gasteiger partial charge on any atom is 0.266 e. The molecule has 0 unspecified atom stereocenters. The van der Waals surface area contributed by atoms with Crippen LogP contribution in [-0.4, -0.2) is 48.6 Å². The van der Waals surface area contributed by atoms with Gasteiger partial charge in [0.15, 0.2) is 11.7 Å². The number of hydrogen-bond acceptors (Lipinski definition) is 5. The Kier molecular flexibility index (Phi) is 7.11. The number of aromatic nitrogens is 1. The number of anilines is 1. The SMILES string of the molecule is CCN(CC)CCN(C(=O)COc1ccc(F)cc1)c1nc2ccc(F)cc2s1. The molecule has 2 aromatic carbocycles. The number of nitrogens with zero attached hydrogens (tertiary/aromatic N) is 3. The number of rotatable bonds is 9. The number of carbonyl (C=O) groups is 1. The molecule has 3 rings (SSSR count). The number of halogens is 2. The molecular formula is C21H23F2N3O2S. The summed E-state index contributed by atoms with van der Waals surface area (Å²) in [5.74, 6) is -0.560. The summed E-state index contributed by atoms with van der Waals surface area (Å²) in [7, 11) is 0. The maximum atomic E-state index is 13.5. The smallest absolute Gasteiger partial charge is 0.266 e. The fraction of sp³-hybridized carbons (Fsp3) is 0.333. The monoisotopic (exact) mass is 419 g/mol. The van der Waals surface area contributed by atoms with E-state index in [0.717, 1.165) is 13.1 Å². The van der Waals surface area contributed by atoms with E-state index >= 15 is 0 Å². The minimum absolute atomic E-state index is 0.200. The first kappa shape index (κ1) is 21.1. The maximum absolute atomic E-state index is 13.5. The number of carbonyl (C=O) groups excluding carboxylic acids is 1. The summed E-state index contributed by atoms with van der Waals surface area (Å²) < 4.78 is 32.8. The highest BCUT2D eigenvalue weighted by atomic mass is 32.1. The lowest BCUT2D eigenvalue weighted by atomic mass is 10.3. The number of benzene rings is 2. The van der Waals surface area contributed by atoms with Crippen molar-refractivity contribution in [2.24, 2.45) is 0 Å². The van der Waals surface area contributed by atoms with Gasteiger partial charge in [-0.25, -0.2) is 13.8 Å². The van der Waals surface area contributed by atoms with Crippen molar-refractivity contribution in [2.75, 3.05) is 37.7 Å². The molecule has 0 aliphatic rings. The number of ether oxygens (including phenoxy) is 1. The molecule has 1 aromatic heterocycles. The molecule has 1 amide bonds. The second-order valence-corrected chi connectivity index (χ2v) is 7.43. The van der Waals surface area contributed by atoms with E-state index in [1.807, 2.05) is 0 Å². The fourth-order valence-corrected chi connectivity index (χ4v) is 3.90. The van der Waals surface area contributed by atoms with Crippen molar-refractivity contribution in [2.45, 2.75) is 13.8 Å². The highest BCUT2D eigenvalue weighted by molar-refractivity contribution is 7.22. The van der Waals surface area contributed by atoms with Gasteiger partial charge in [0.2, 0.25) is 0 Å². The van der Waals surface area contributed by atoms with Gasteiger partial charge in [0.05, 0.1) is 10.2 Å². The predicted molar refractivity (Wildman–Crippen MR) is 112 cm³/mol. The summed E-state index contributed by atoms with van der Waals surface area (Å²) in [5.41, 5.74) is 0.645. The van der Waals surface area contributed by atoms with Crippen LogP contribution in [-0.2, 0) is 4.79 Å². The molecule has 8 heteroatoms. The summed E-state index contributed by atoms with van der Waals surface area (Å²) >= 11 is 1.27. The van der Waals surface area contributed by atoms with Crippen LogP contribution in [0.1, 0.15) is 13.8 Å². The fourth-order valence-electron chi connectivity index (χ4n) is 2.86. The largest absolute Gasteiger partial charge is 0.484 e. The second kappa shape index (κ2) is 9.76. The molecule has 0 saturated heterocycles.